The minimum absolute atomic E-state index is 0.0494. The Bertz CT molecular complexity index is 1670. The molecule has 36 heavy (non-hydrogen) atoms. The van der Waals surface area contributed by atoms with E-state index in [2.05, 4.69) is 41.1 Å². The number of carbonyl (C=O) groups excluding carboxylic acids is 1. The molecule has 2 aromatic carbocycles. The molecule has 8 nitrogen and oxygen atoms in total. The maximum atomic E-state index is 15.6. The summed E-state index contributed by atoms with van der Waals surface area (Å²) in [4.78, 5) is 20.4. The number of halogens is 3. The summed E-state index contributed by atoms with van der Waals surface area (Å²) in [7, 11) is 0. The van der Waals surface area contributed by atoms with Gasteiger partial charge in [0.1, 0.15) is 5.75 Å². The van der Waals surface area contributed by atoms with Gasteiger partial charge in [0, 0.05) is 29.2 Å². The van der Waals surface area contributed by atoms with Gasteiger partial charge in [0.05, 0.1) is 28.5 Å². The molecule has 11 heteroatoms. The van der Waals surface area contributed by atoms with Gasteiger partial charge >= 0.3 is 0 Å². The highest BCUT2D eigenvalue weighted by molar-refractivity contribution is 9.10. The molecule has 0 aliphatic heterocycles. The molecule has 3 aromatic heterocycles. The predicted octanol–water partition coefficient (Wildman–Crippen LogP) is 6.40. The van der Waals surface area contributed by atoms with Crippen LogP contribution in [0.15, 0.2) is 71.6 Å². The summed E-state index contributed by atoms with van der Waals surface area (Å²) < 4.78 is 22.9. The average Bonchev–Trinajstić information content (AvgIpc) is 3.26. The number of fused-ring (bicyclic) bond motifs is 1. The number of aromatic nitrogens is 5. The first kappa shape index (κ1) is 23.5. The normalized spacial score (nSPS) is 10.8. The summed E-state index contributed by atoms with van der Waals surface area (Å²) in [6.07, 6.45) is 4.52. The molecular formula is C25H13BrClFN6O2. The largest absolute Gasteiger partial charge is 0.454 e. The number of rotatable bonds is 5. The smallest absolute Gasteiger partial charge is 0.281 e. The molecule has 0 bridgehead atoms. The van der Waals surface area contributed by atoms with Gasteiger partial charge in [-0.3, -0.25) is 9.78 Å². The van der Waals surface area contributed by atoms with Crippen LogP contribution >= 0.6 is 27.5 Å². The van der Waals surface area contributed by atoms with Crippen molar-refractivity contribution in [1.82, 2.24) is 25.0 Å². The van der Waals surface area contributed by atoms with Crippen molar-refractivity contribution < 1.29 is 13.9 Å². The molecule has 0 atom stereocenters. The maximum absolute atomic E-state index is 15.6. The van der Waals surface area contributed by atoms with Crippen molar-refractivity contribution in [1.29, 1.82) is 0 Å². The molecule has 0 aliphatic carbocycles. The quantitative estimate of drug-likeness (QED) is 0.230. The van der Waals surface area contributed by atoms with Gasteiger partial charge in [0.25, 0.3) is 5.91 Å². The third-order valence-corrected chi connectivity index (χ3v) is 6.07. The standard InChI is InChI=1S/C25H13BrClFN6O2/c1-29-17-10-16(27)11-18(12-17)36-23-20(26)5-4-14(22(23)28)9-21-19-6-8-31-32-24(19)34(33-21)25(35)15-3-2-7-30-13-15/h2-8,10-13H,9H2. The second kappa shape index (κ2) is 9.81. The minimum atomic E-state index is -0.628. The third kappa shape index (κ3) is 4.54. The zero-order chi connectivity index (χ0) is 25.2. The van der Waals surface area contributed by atoms with Crippen molar-refractivity contribution in [3.63, 3.8) is 0 Å². The lowest BCUT2D eigenvalue weighted by molar-refractivity contribution is 0.0948. The Morgan fingerprint density at radius 3 is 2.83 bits per heavy atom. The van der Waals surface area contributed by atoms with E-state index in [0.717, 1.165) is 4.68 Å². The fraction of sp³-hybridized carbons (Fsp3) is 0.0400. The van der Waals surface area contributed by atoms with E-state index in [1.54, 1.807) is 36.5 Å². The third-order valence-electron chi connectivity index (χ3n) is 5.23. The molecule has 0 radical (unpaired) electrons. The lowest BCUT2D eigenvalue weighted by atomic mass is 10.1. The Balaban J connectivity index is 1.53. The molecule has 0 aliphatic rings. The second-order valence-electron chi connectivity index (χ2n) is 7.56. The van der Waals surface area contributed by atoms with Crippen molar-refractivity contribution in [2.45, 2.75) is 6.42 Å². The van der Waals surface area contributed by atoms with Crippen molar-refractivity contribution in [3.05, 3.63) is 111 Å². The minimum Gasteiger partial charge on any atom is -0.454 e. The van der Waals surface area contributed by atoms with Crippen LogP contribution in [0.4, 0.5) is 10.1 Å². The molecule has 0 unspecified atom stereocenters. The van der Waals surface area contributed by atoms with E-state index < -0.39 is 11.7 Å². The van der Waals surface area contributed by atoms with Gasteiger partial charge in [0.2, 0.25) is 0 Å². The van der Waals surface area contributed by atoms with Crippen LogP contribution < -0.4 is 4.74 Å². The number of ether oxygens (including phenoxy) is 1. The van der Waals surface area contributed by atoms with Crippen molar-refractivity contribution in [2.24, 2.45) is 0 Å². The summed E-state index contributed by atoms with van der Waals surface area (Å²) in [5.74, 6) is -0.910. The van der Waals surface area contributed by atoms with Gasteiger partial charge in [-0.1, -0.05) is 17.7 Å². The summed E-state index contributed by atoms with van der Waals surface area (Å²) in [6.45, 7) is 7.19. The van der Waals surface area contributed by atoms with Crippen LogP contribution in [0, 0.1) is 12.4 Å². The van der Waals surface area contributed by atoms with Crippen LogP contribution in [0.2, 0.25) is 5.02 Å². The molecule has 5 rings (SSSR count). The number of hydrogen-bond acceptors (Lipinski definition) is 6. The summed E-state index contributed by atoms with van der Waals surface area (Å²) in [5, 5.41) is 13.2. The first-order valence-electron chi connectivity index (χ1n) is 10.4. The fourth-order valence-corrected chi connectivity index (χ4v) is 4.19. The Morgan fingerprint density at radius 2 is 2.06 bits per heavy atom. The lowest BCUT2D eigenvalue weighted by Gasteiger charge is -2.12. The molecule has 3 heterocycles. The van der Waals surface area contributed by atoms with Crippen LogP contribution in [0.5, 0.6) is 11.5 Å². The molecule has 0 saturated carbocycles. The number of pyridine rings is 1. The topological polar surface area (TPSA) is 87.2 Å². The Hall–Kier alpha value is -4.20. The van der Waals surface area contributed by atoms with Crippen LogP contribution in [0.1, 0.15) is 21.6 Å². The maximum Gasteiger partial charge on any atom is 0.281 e. The summed E-state index contributed by atoms with van der Waals surface area (Å²) >= 11 is 9.38. The summed E-state index contributed by atoms with van der Waals surface area (Å²) in [6, 6.07) is 12.6. The molecule has 0 amide bonds. The Morgan fingerprint density at radius 1 is 1.19 bits per heavy atom. The van der Waals surface area contributed by atoms with Gasteiger partial charge in [-0.25, -0.2) is 9.24 Å². The number of hydrogen-bond donors (Lipinski definition) is 0. The molecule has 0 N–H and O–H groups in total. The first-order valence-corrected chi connectivity index (χ1v) is 11.6. The molecule has 5 aromatic rings. The zero-order valence-electron chi connectivity index (χ0n) is 18.2. The second-order valence-corrected chi connectivity index (χ2v) is 8.85. The molecule has 0 saturated heterocycles. The predicted molar refractivity (Wildman–Crippen MR) is 134 cm³/mol. The van der Waals surface area contributed by atoms with Crippen LogP contribution in [-0.2, 0) is 6.42 Å². The van der Waals surface area contributed by atoms with Gasteiger partial charge in [0.15, 0.2) is 22.9 Å². The van der Waals surface area contributed by atoms with E-state index in [1.807, 2.05) is 0 Å². The lowest BCUT2D eigenvalue weighted by Crippen LogP contribution is -2.15. The van der Waals surface area contributed by atoms with Crippen molar-refractivity contribution >= 4 is 50.2 Å². The number of carbonyl (C=O) groups is 1. The molecular weight excluding hydrogens is 551 g/mol. The van der Waals surface area contributed by atoms with Crippen LogP contribution in [0.3, 0.4) is 0 Å². The highest BCUT2D eigenvalue weighted by Crippen LogP contribution is 2.37. The van der Waals surface area contributed by atoms with E-state index in [1.165, 1.54) is 30.6 Å². The van der Waals surface area contributed by atoms with Gasteiger partial charge in [-0.05, 0) is 64.0 Å². The van der Waals surface area contributed by atoms with E-state index in [4.69, 9.17) is 22.9 Å². The SMILES string of the molecule is [C-]#[N+]c1cc(Cl)cc(Oc2c(Br)ccc(Cc3nn(C(=O)c4cccnc4)c4nnccc34)c2F)c1. The highest BCUT2D eigenvalue weighted by atomic mass is 79.9. The van der Waals surface area contributed by atoms with Gasteiger partial charge in [-0.15, -0.1) is 5.10 Å². The average molecular weight is 564 g/mol. The van der Waals surface area contributed by atoms with E-state index >= 15 is 4.39 Å². The van der Waals surface area contributed by atoms with E-state index in [0.29, 0.717) is 26.1 Å². The van der Waals surface area contributed by atoms with Gasteiger partial charge in [-0.2, -0.15) is 14.9 Å². The molecule has 0 fully saturated rings. The summed E-state index contributed by atoms with van der Waals surface area (Å²) in [5.41, 5.74) is 1.55. The van der Waals surface area contributed by atoms with E-state index in [9.17, 15) is 4.79 Å². The van der Waals surface area contributed by atoms with Crippen LogP contribution in [0.25, 0.3) is 15.9 Å². The fourth-order valence-electron chi connectivity index (χ4n) is 3.58. The Labute approximate surface area is 217 Å². The highest BCUT2D eigenvalue weighted by Gasteiger charge is 2.22. The van der Waals surface area contributed by atoms with Crippen LogP contribution in [-0.4, -0.2) is 30.9 Å². The zero-order valence-corrected chi connectivity index (χ0v) is 20.5. The Kier molecular flexibility index (Phi) is 6.41. The number of benzene rings is 2. The number of nitrogens with zero attached hydrogens (tertiary/aromatic N) is 6. The van der Waals surface area contributed by atoms with Crippen molar-refractivity contribution in [2.75, 3.05) is 0 Å². The molecule has 0 spiro atoms. The van der Waals surface area contributed by atoms with Crippen molar-refractivity contribution in [3.8, 4) is 11.5 Å². The van der Waals surface area contributed by atoms with Gasteiger partial charge < -0.3 is 4.74 Å². The monoisotopic (exact) mass is 562 g/mol. The first-order chi connectivity index (χ1) is 17.4. The molecule has 176 valence electrons. The van der Waals surface area contributed by atoms with E-state index in [-0.39, 0.29) is 34.8 Å².